The van der Waals surface area contributed by atoms with Crippen LogP contribution in [0.4, 0.5) is 11.5 Å². The summed E-state index contributed by atoms with van der Waals surface area (Å²) in [7, 11) is 0. The first kappa shape index (κ1) is 20.9. The van der Waals surface area contributed by atoms with Gasteiger partial charge in [0.1, 0.15) is 5.82 Å². The second-order valence-corrected chi connectivity index (χ2v) is 7.93. The number of carboxylic acid groups (broad SMARTS) is 1. The van der Waals surface area contributed by atoms with E-state index in [2.05, 4.69) is 51.3 Å². The van der Waals surface area contributed by atoms with Crippen molar-refractivity contribution in [2.45, 2.75) is 31.3 Å². The van der Waals surface area contributed by atoms with Gasteiger partial charge in [-0.15, -0.1) is 0 Å². The largest absolute Gasteiger partial charge is 0.481 e. The van der Waals surface area contributed by atoms with Crippen molar-refractivity contribution >= 4 is 17.5 Å². The molecule has 0 bridgehead atoms. The zero-order valence-corrected chi connectivity index (χ0v) is 17.6. The molecule has 0 spiro atoms. The fourth-order valence-electron chi connectivity index (χ4n) is 4.00. The second kappa shape index (κ2) is 9.62. The Balaban J connectivity index is 1.46. The highest BCUT2D eigenvalue weighted by Gasteiger charge is 2.27. The van der Waals surface area contributed by atoms with Gasteiger partial charge in [0.25, 0.3) is 0 Å². The van der Waals surface area contributed by atoms with Crippen LogP contribution in [-0.4, -0.2) is 35.2 Å². The number of carboxylic acids is 1. The van der Waals surface area contributed by atoms with Gasteiger partial charge >= 0.3 is 5.97 Å². The van der Waals surface area contributed by atoms with Crippen LogP contribution in [0, 0.1) is 0 Å². The lowest BCUT2D eigenvalue weighted by atomic mass is 9.96. The Morgan fingerprint density at radius 1 is 1.13 bits per heavy atom. The van der Waals surface area contributed by atoms with Crippen molar-refractivity contribution in [3.8, 4) is 0 Å². The van der Waals surface area contributed by atoms with Crippen molar-refractivity contribution in [3.05, 3.63) is 89.6 Å². The molecule has 0 saturated heterocycles. The minimum absolute atomic E-state index is 0.102. The predicted molar refractivity (Wildman–Crippen MR) is 124 cm³/mol. The number of fused-ring (bicyclic) bond motifs is 1. The van der Waals surface area contributed by atoms with Gasteiger partial charge in [0.05, 0.1) is 23.7 Å². The van der Waals surface area contributed by atoms with Crippen LogP contribution < -0.4 is 16.0 Å². The zero-order valence-electron chi connectivity index (χ0n) is 17.6. The van der Waals surface area contributed by atoms with Crippen molar-refractivity contribution in [2.24, 2.45) is 0 Å². The number of benzene rings is 2. The zero-order chi connectivity index (χ0) is 21.6. The Bertz CT molecular complexity index is 1020. The Kier molecular flexibility index (Phi) is 6.48. The molecule has 2 heterocycles. The molecule has 2 aromatic carbocycles. The molecule has 4 rings (SSSR count). The van der Waals surface area contributed by atoms with Gasteiger partial charge in [-0.2, -0.15) is 0 Å². The number of nitrogens with zero attached hydrogens (tertiary/aromatic N) is 1. The quantitative estimate of drug-likeness (QED) is 0.443. The van der Waals surface area contributed by atoms with Gasteiger partial charge < -0.3 is 21.1 Å². The number of nitrogens with one attached hydrogen (secondary N) is 3. The first-order chi connectivity index (χ1) is 15.1. The van der Waals surface area contributed by atoms with Crippen molar-refractivity contribution in [2.75, 3.05) is 23.7 Å². The highest BCUT2D eigenvalue weighted by Crippen LogP contribution is 2.28. The highest BCUT2D eigenvalue weighted by atomic mass is 16.4. The lowest BCUT2D eigenvalue weighted by Gasteiger charge is -2.34. The standard InChI is InChI=1S/C25H28N4O2/c1-17(25(30)31)20-10-5-7-18(15-20)12-14-26-23(19-8-3-2-4-9-19)22-16-28-21-11-6-13-27-24(21)29-22/h2-11,13,15,17,22-23,26,28H,12,14,16H2,1H3,(H,27,29)(H,30,31)/t17-,22-,23-/m1/s1. The maximum Gasteiger partial charge on any atom is 0.310 e. The van der Waals surface area contributed by atoms with Gasteiger partial charge in [-0.05, 0) is 48.7 Å². The minimum atomic E-state index is -0.802. The van der Waals surface area contributed by atoms with Crippen LogP contribution in [0.1, 0.15) is 35.6 Å². The molecule has 6 nitrogen and oxygen atoms in total. The molecular formula is C25H28N4O2. The fraction of sp³-hybridized carbons (Fsp3) is 0.280. The van der Waals surface area contributed by atoms with Crippen LogP contribution in [0.2, 0.25) is 0 Å². The summed E-state index contributed by atoms with van der Waals surface area (Å²) in [6.07, 6.45) is 2.62. The summed E-state index contributed by atoms with van der Waals surface area (Å²) in [6.45, 7) is 3.29. The summed E-state index contributed by atoms with van der Waals surface area (Å²) in [4.78, 5) is 15.8. The van der Waals surface area contributed by atoms with Gasteiger partial charge in [-0.1, -0.05) is 54.6 Å². The van der Waals surface area contributed by atoms with Gasteiger partial charge in [0, 0.05) is 12.7 Å². The summed E-state index contributed by atoms with van der Waals surface area (Å²) in [5.41, 5.74) is 4.21. The summed E-state index contributed by atoms with van der Waals surface area (Å²) < 4.78 is 0. The lowest BCUT2D eigenvalue weighted by molar-refractivity contribution is -0.138. The van der Waals surface area contributed by atoms with E-state index in [1.54, 1.807) is 13.1 Å². The maximum absolute atomic E-state index is 11.3. The Morgan fingerprint density at radius 2 is 1.94 bits per heavy atom. The third-order valence-electron chi connectivity index (χ3n) is 5.80. The molecule has 0 radical (unpaired) electrons. The third-order valence-corrected chi connectivity index (χ3v) is 5.80. The predicted octanol–water partition coefficient (Wildman–Crippen LogP) is 4.05. The first-order valence-electron chi connectivity index (χ1n) is 10.7. The maximum atomic E-state index is 11.3. The second-order valence-electron chi connectivity index (χ2n) is 7.93. The number of hydrogen-bond donors (Lipinski definition) is 4. The monoisotopic (exact) mass is 416 g/mol. The topological polar surface area (TPSA) is 86.3 Å². The summed E-state index contributed by atoms with van der Waals surface area (Å²) >= 11 is 0. The smallest absolute Gasteiger partial charge is 0.310 e. The van der Waals surface area contributed by atoms with Crippen LogP contribution in [0.25, 0.3) is 0 Å². The lowest BCUT2D eigenvalue weighted by Crippen LogP contribution is -2.44. The molecule has 1 aliphatic rings. The molecule has 3 aromatic rings. The van der Waals surface area contributed by atoms with Crippen molar-refractivity contribution < 1.29 is 9.90 Å². The number of carbonyl (C=O) groups is 1. The van der Waals surface area contributed by atoms with Crippen LogP contribution >= 0.6 is 0 Å². The van der Waals surface area contributed by atoms with Gasteiger partial charge in [0.2, 0.25) is 0 Å². The third kappa shape index (κ3) is 5.03. The van der Waals surface area contributed by atoms with Gasteiger partial charge in [-0.3, -0.25) is 4.79 Å². The fourth-order valence-corrected chi connectivity index (χ4v) is 4.00. The van der Waals surface area contributed by atoms with Gasteiger partial charge in [0.15, 0.2) is 0 Å². The Morgan fingerprint density at radius 3 is 2.74 bits per heavy atom. The molecule has 1 aliphatic heterocycles. The molecule has 31 heavy (non-hydrogen) atoms. The first-order valence-corrected chi connectivity index (χ1v) is 10.7. The average molecular weight is 417 g/mol. The Hall–Kier alpha value is -3.38. The highest BCUT2D eigenvalue weighted by molar-refractivity contribution is 5.75. The Labute approximate surface area is 182 Å². The van der Waals surface area contributed by atoms with E-state index >= 15 is 0 Å². The average Bonchev–Trinajstić information content (AvgIpc) is 2.82. The number of pyridine rings is 1. The number of anilines is 2. The minimum Gasteiger partial charge on any atom is -0.481 e. The number of rotatable bonds is 8. The van der Waals surface area contributed by atoms with Crippen molar-refractivity contribution in [3.63, 3.8) is 0 Å². The number of aromatic nitrogens is 1. The van der Waals surface area contributed by atoms with Crippen LogP contribution in [0.3, 0.4) is 0 Å². The molecule has 1 aromatic heterocycles. The molecule has 4 N–H and O–H groups in total. The van der Waals surface area contributed by atoms with E-state index in [-0.39, 0.29) is 12.1 Å². The molecule has 0 fully saturated rings. The molecule has 0 unspecified atom stereocenters. The molecule has 6 heteroatoms. The van der Waals surface area contributed by atoms with Crippen molar-refractivity contribution in [1.29, 1.82) is 0 Å². The molecule has 3 atom stereocenters. The SMILES string of the molecule is C[C@@H](C(=O)O)c1cccc(CCN[C@H](c2ccccc2)[C@H]2CNc3cccnc3N2)c1. The van der Waals surface area contributed by atoms with E-state index in [9.17, 15) is 9.90 Å². The van der Waals surface area contributed by atoms with E-state index in [0.29, 0.717) is 0 Å². The van der Waals surface area contributed by atoms with E-state index in [0.717, 1.165) is 42.1 Å². The summed E-state index contributed by atoms with van der Waals surface area (Å²) in [5.74, 6) is -0.434. The molecule has 0 amide bonds. The molecular weight excluding hydrogens is 388 g/mol. The van der Waals surface area contributed by atoms with E-state index in [1.807, 2.05) is 36.4 Å². The van der Waals surface area contributed by atoms with E-state index in [1.165, 1.54) is 5.56 Å². The van der Waals surface area contributed by atoms with Crippen LogP contribution in [0.5, 0.6) is 0 Å². The summed E-state index contributed by atoms with van der Waals surface area (Å²) in [5, 5.41) is 20.1. The molecule has 0 saturated carbocycles. The number of hydrogen-bond acceptors (Lipinski definition) is 5. The van der Waals surface area contributed by atoms with Gasteiger partial charge in [-0.25, -0.2) is 4.98 Å². The van der Waals surface area contributed by atoms with E-state index in [4.69, 9.17) is 0 Å². The summed E-state index contributed by atoms with van der Waals surface area (Å²) in [6, 6.07) is 22.5. The van der Waals surface area contributed by atoms with Crippen molar-refractivity contribution in [1.82, 2.24) is 10.3 Å². The molecule has 160 valence electrons. The molecule has 0 aliphatic carbocycles. The normalized spacial score (nSPS) is 17.0. The van der Waals surface area contributed by atoms with Crippen LogP contribution in [-0.2, 0) is 11.2 Å². The number of aliphatic carboxylic acids is 1. The van der Waals surface area contributed by atoms with Crippen LogP contribution in [0.15, 0.2) is 72.9 Å². The van der Waals surface area contributed by atoms with E-state index < -0.39 is 11.9 Å².